The van der Waals surface area contributed by atoms with Crippen LogP contribution in [0.5, 0.6) is 0 Å². The maximum atomic E-state index is 14.1. The summed E-state index contributed by atoms with van der Waals surface area (Å²) in [6.45, 7) is -2.09. The number of nitrogens with zero attached hydrogens (tertiary/aromatic N) is 3. The van der Waals surface area contributed by atoms with E-state index in [-0.39, 0.29) is 22.5 Å². The van der Waals surface area contributed by atoms with Crippen LogP contribution in [-0.4, -0.2) is 91.7 Å². The van der Waals surface area contributed by atoms with Crippen molar-refractivity contribution in [3.05, 3.63) is 22.7 Å². The second-order valence-corrected chi connectivity index (χ2v) is 6.23. The molecule has 0 aromatic carbocycles. The first-order valence-electron chi connectivity index (χ1n) is 9.04. The highest BCUT2D eigenvalue weighted by molar-refractivity contribution is 5.91. The second-order valence-electron chi connectivity index (χ2n) is 6.23. The van der Waals surface area contributed by atoms with Gasteiger partial charge in [-0.1, -0.05) is 0 Å². The van der Waals surface area contributed by atoms with Crippen LogP contribution in [-0.2, 0) is 14.3 Å². The number of carboxylic acid groups (broad SMARTS) is 1. The molecule has 0 saturated heterocycles. The molecular formula is C16H21F2N5O10. The zero-order valence-corrected chi connectivity index (χ0v) is 16.8. The molecule has 0 aliphatic rings. The highest BCUT2D eigenvalue weighted by Crippen LogP contribution is 2.23. The maximum Gasteiger partial charge on any atom is 0.434 e. The third kappa shape index (κ3) is 7.24. The molecule has 1 heterocycles. The fourth-order valence-electron chi connectivity index (χ4n) is 2.10. The number of amides is 2. The van der Waals surface area contributed by atoms with E-state index >= 15 is 0 Å². The van der Waals surface area contributed by atoms with Crippen molar-refractivity contribution in [2.24, 2.45) is 5.73 Å². The summed E-state index contributed by atoms with van der Waals surface area (Å²) in [5, 5.41) is 36.0. The van der Waals surface area contributed by atoms with Gasteiger partial charge >= 0.3 is 29.6 Å². The monoisotopic (exact) mass is 481 g/mol. The minimum atomic E-state index is -4.72. The highest BCUT2D eigenvalue weighted by atomic mass is 19.3. The predicted octanol–water partition coefficient (Wildman–Crippen LogP) is -2.97. The third-order valence-corrected chi connectivity index (χ3v) is 3.78. The number of hydrogen-bond acceptors (Lipinski definition) is 11. The first kappa shape index (κ1) is 27.5. The molecule has 0 spiro atoms. The number of hydrogen-bond donors (Lipinski definition) is 6. The lowest BCUT2D eigenvalue weighted by Crippen LogP contribution is -2.53. The fourth-order valence-corrected chi connectivity index (χ4v) is 2.10. The van der Waals surface area contributed by atoms with Crippen LogP contribution in [0.3, 0.4) is 0 Å². The van der Waals surface area contributed by atoms with Crippen LogP contribution in [0.1, 0.15) is 17.6 Å². The quantitative estimate of drug-likeness (QED) is 0.184. The van der Waals surface area contributed by atoms with E-state index in [0.29, 0.717) is 12.3 Å². The van der Waals surface area contributed by atoms with E-state index in [2.05, 4.69) is 9.72 Å². The Morgan fingerprint density at radius 1 is 1.27 bits per heavy atom. The molecule has 17 heteroatoms. The van der Waals surface area contributed by atoms with Crippen molar-refractivity contribution in [1.82, 2.24) is 15.0 Å². The van der Waals surface area contributed by atoms with Gasteiger partial charge in [-0.05, 0) is 0 Å². The lowest BCUT2D eigenvalue weighted by Gasteiger charge is -2.25. The Morgan fingerprint density at radius 2 is 1.91 bits per heavy atom. The van der Waals surface area contributed by atoms with Crippen LogP contribution in [0, 0.1) is 0 Å². The molecule has 2 amide bonds. The number of carbonyl (C=O) groups is 4. The molecule has 15 nitrogen and oxygen atoms in total. The summed E-state index contributed by atoms with van der Waals surface area (Å²) in [5.74, 6) is -9.90. The summed E-state index contributed by atoms with van der Waals surface area (Å²) in [6, 6.07) is 0.672. The smallest absolute Gasteiger partial charge is 0.434 e. The summed E-state index contributed by atoms with van der Waals surface area (Å²) in [4.78, 5) is 61.9. The predicted molar refractivity (Wildman–Crippen MR) is 101 cm³/mol. The number of aliphatic hydroxyl groups excluding tert-OH is 3. The Kier molecular flexibility index (Phi) is 9.92. The largest absolute Gasteiger partial charge is 0.481 e. The van der Waals surface area contributed by atoms with Gasteiger partial charge in [-0.15, -0.1) is 0 Å². The Bertz CT molecular complexity index is 940. The number of carboxylic acids is 1. The molecule has 0 bridgehead atoms. The van der Waals surface area contributed by atoms with Crippen molar-refractivity contribution in [1.29, 1.82) is 0 Å². The van der Waals surface area contributed by atoms with Crippen molar-refractivity contribution >= 4 is 29.7 Å². The number of hydrazine groups is 1. The number of carbonyl (C=O) groups excluding carboxylic acids is 3. The van der Waals surface area contributed by atoms with Gasteiger partial charge in [0, 0.05) is 25.2 Å². The van der Waals surface area contributed by atoms with Crippen LogP contribution in [0.2, 0.25) is 0 Å². The number of halogens is 2. The normalized spacial score (nSPS) is 13.0. The number of aliphatic carboxylic acids is 1. The van der Waals surface area contributed by atoms with Crippen LogP contribution >= 0.6 is 0 Å². The average molecular weight is 481 g/mol. The second kappa shape index (κ2) is 11.9. The van der Waals surface area contributed by atoms with E-state index in [1.54, 1.807) is 0 Å². The molecule has 0 aliphatic heterocycles. The van der Waals surface area contributed by atoms with Gasteiger partial charge in [-0.25, -0.2) is 14.2 Å². The topological polar surface area (TPSA) is 235 Å². The van der Waals surface area contributed by atoms with Gasteiger partial charge in [0.1, 0.15) is 12.7 Å². The Hall–Kier alpha value is -3.54. The summed E-state index contributed by atoms with van der Waals surface area (Å²) < 4.78 is 32.6. The van der Waals surface area contributed by atoms with Crippen LogP contribution in [0.15, 0.2) is 17.1 Å². The van der Waals surface area contributed by atoms with Gasteiger partial charge in [-0.2, -0.15) is 18.8 Å². The first-order valence-corrected chi connectivity index (χ1v) is 9.04. The number of ether oxygens (including phenoxy) is 1. The van der Waals surface area contributed by atoms with E-state index in [0.717, 1.165) is 0 Å². The van der Waals surface area contributed by atoms with Crippen molar-refractivity contribution < 1.29 is 53.1 Å². The van der Waals surface area contributed by atoms with Gasteiger partial charge in [0.2, 0.25) is 5.91 Å². The molecule has 184 valence electrons. The molecule has 1 aromatic heterocycles. The van der Waals surface area contributed by atoms with Gasteiger partial charge in [0.15, 0.2) is 11.9 Å². The van der Waals surface area contributed by atoms with Crippen LogP contribution in [0.25, 0.3) is 0 Å². The number of nitrogens with two attached hydrogens (primary N) is 1. The lowest BCUT2D eigenvalue weighted by atomic mass is 10.1. The fraction of sp³-hybridized carbons (Fsp3) is 0.500. The SMILES string of the molecule is NCCC(=O)NN(C(=O)OCCC(=O)O)c1ccn(C(=O)C(F)(F)[C@H](O)[C@H](O)CO)c(=O)n1. The summed E-state index contributed by atoms with van der Waals surface area (Å²) >= 11 is 0. The van der Waals surface area contributed by atoms with Crippen LogP contribution < -0.4 is 21.9 Å². The van der Waals surface area contributed by atoms with Gasteiger partial charge in [-0.3, -0.25) is 19.8 Å². The number of aliphatic hydroxyl groups is 3. The van der Waals surface area contributed by atoms with Crippen molar-refractivity contribution in [3.8, 4) is 0 Å². The molecule has 1 aromatic rings. The molecule has 33 heavy (non-hydrogen) atoms. The number of aromatic nitrogens is 2. The first-order chi connectivity index (χ1) is 15.4. The zero-order chi connectivity index (χ0) is 25.3. The van der Waals surface area contributed by atoms with Crippen molar-refractivity contribution in [2.75, 3.05) is 24.8 Å². The van der Waals surface area contributed by atoms with Gasteiger partial charge in [0.05, 0.1) is 13.0 Å². The Labute approximate surface area is 183 Å². The molecule has 0 unspecified atom stereocenters. The average Bonchev–Trinajstić information content (AvgIpc) is 2.75. The van der Waals surface area contributed by atoms with Crippen molar-refractivity contribution in [2.45, 2.75) is 31.0 Å². The number of anilines is 1. The molecule has 7 N–H and O–H groups in total. The van der Waals surface area contributed by atoms with Gasteiger partial charge < -0.3 is 30.9 Å². The highest BCUT2D eigenvalue weighted by Gasteiger charge is 2.51. The minimum absolute atomic E-state index is 0.144. The van der Waals surface area contributed by atoms with Crippen molar-refractivity contribution in [3.63, 3.8) is 0 Å². The molecule has 0 radical (unpaired) electrons. The Balaban J connectivity index is 3.24. The van der Waals surface area contributed by atoms with E-state index in [1.807, 2.05) is 5.43 Å². The maximum absolute atomic E-state index is 14.1. The summed E-state index contributed by atoms with van der Waals surface area (Å²) in [6.07, 6.45) is -7.32. The number of nitrogens with one attached hydrogen (secondary N) is 1. The minimum Gasteiger partial charge on any atom is -0.481 e. The van der Waals surface area contributed by atoms with E-state index in [1.165, 1.54) is 0 Å². The van der Waals surface area contributed by atoms with Crippen LogP contribution in [0.4, 0.5) is 19.4 Å². The molecule has 2 atom stereocenters. The third-order valence-electron chi connectivity index (χ3n) is 3.78. The zero-order valence-electron chi connectivity index (χ0n) is 16.8. The molecule has 1 rings (SSSR count). The molecule has 0 fully saturated rings. The summed E-state index contributed by atoms with van der Waals surface area (Å²) in [5.41, 5.74) is 5.50. The molecule has 0 saturated carbocycles. The molecule has 0 aliphatic carbocycles. The summed E-state index contributed by atoms with van der Waals surface area (Å²) in [7, 11) is 0. The van der Waals surface area contributed by atoms with E-state index in [4.69, 9.17) is 21.1 Å². The number of alkyl halides is 2. The standard InChI is InChI=1S/C16H21F2N5O10/c17-16(18,12(29)8(25)7-24)13(30)22-5-2-9(20-14(22)31)23(21-10(26)1-4-19)15(32)33-6-3-11(27)28/h2,5,8,12,24-25,29H,1,3-4,6-7,19H2,(H,21,26)(H,27,28)/t8-,12-/m1/s1. The number of rotatable bonds is 10. The van der Waals surface area contributed by atoms with E-state index < -0.39 is 73.1 Å². The lowest BCUT2D eigenvalue weighted by molar-refractivity contribution is -0.137. The molecular weight excluding hydrogens is 460 g/mol. The Morgan fingerprint density at radius 3 is 2.42 bits per heavy atom. The van der Waals surface area contributed by atoms with E-state index in [9.17, 15) is 37.9 Å². The van der Waals surface area contributed by atoms with Gasteiger partial charge in [0.25, 0.3) is 0 Å².